The molecule has 0 saturated carbocycles. The van der Waals surface area contributed by atoms with E-state index in [1.165, 1.54) is 7.11 Å². The Kier molecular flexibility index (Phi) is 4.07. The fourth-order valence-electron chi connectivity index (χ4n) is 0.849. The van der Waals surface area contributed by atoms with Crippen molar-refractivity contribution in [2.45, 2.75) is 25.4 Å². The van der Waals surface area contributed by atoms with E-state index in [1.54, 1.807) is 6.92 Å². The van der Waals surface area contributed by atoms with E-state index in [2.05, 4.69) is 0 Å². The highest BCUT2D eigenvalue weighted by Gasteiger charge is 2.29. The summed E-state index contributed by atoms with van der Waals surface area (Å²) in [6, 6.07) is 0. The van der Waals surface area contributed by atoms with E-state index >= 15 is 0 Å². The predicted molar refractivity (Wildman–Crippen MR) is 39.4 cm³/mol. The molecular formula is C7H14O4. The van der Waals surface area contributed by atoms with Crippen molar-refractivity contribution in [2.24, 2.45) is 0 Å². The lowest BCUT2D eigenvalue weighted by molar-refractivity contribution is -0.147. The summed E-state index contributed by atoms with van der Waals surface area (Å²) in [7, 11) is 1.41. The maximum atomic E-state index is 10.3. The van der Waals surface area contributed by atoms with E-state index in [0.717, 1.165) is 0 Å². The van der Waals surface area contributed by atoms with Crippen molar-refractivity contribution in [3.63, 3.8) is 0 Å². The summed E-state index contributed by atoms with van der Waals surface area (Å²) in [6.45, 7) is 1.52. The summed E-state index contributed by atoms with van der Waals surface area (Å²) in [5.74, 6) is -0.956. The molecule has 0 aromatic carbocycles. The monoisotopic (exact) mass is 162 g/mol. The van der Waals surface area contributed by atoms with Gasteiger partial charge in [0.15, 0.2) is 0 Å². The Labute approximate surface area is 65.8 Å². The van der Waals surface area contributed by atoms with Crippen LogP contribution in [0, 0.1) is 0 Å². The van der Waals surface area contributed by atoms with Gasteiger partial charge in [0.2, 0.25) is 0 Å². The minimum atomic E-state index is -0.956. The van der Waals surface area contributed by atoms with Crippen LogP contribution in [0.2, 0.25) is 0 Å². The lowest BCUT2D eigenvalue weighted by atomic mass is 9.97. The van der Waals surface area contributed by atoms with Gasteiger partial charge in [-0.15, -0.1) is 0 Å². The number of hydrogen-bond acceptors (Lipinski definition) is 3. The van der Waals surface area contributed by atoms with Crippen LogP contribution in [0.15, 0.2) is 0 Å². The maximum absolute atomic E-state index is 10.3. The van der Waals surface area contributed by atoms with E-state index in [0.29, 0.717) is 6.42 Å². The van der Waals surface area contributed by atoms with E-state index in [4.69, 9.17) is 14.9 Å². The van der Waals surface area contributed by atoms with Crippen molar-refractivity contribution in [1.82, 2.24) is 0 Å². The van der Waals surface area contributed by atoms with Gasteiger partial charge >= 0.3 is 5.97 Å². The molecule has 0 amide bonds. The fourth-order valence-corrected chi connectivity index (χ4v) is 0.849. The van der Waals surface area contributed by atoms with Crippen molar-refractivity contribution in [3.05, 3.63) is 0 Å². The molecule has 0 bridgehead atoms. The topological polar surface area (TPSA) is 66.8 Å². The van der Waals surface area contributed by atoms with Gasteiger partial charge in [-0.3, -0.25) is 4.79 Å². The lowest BCUT2D eigenvalue weighted by Crippen LogP contribution is -2.37. The normalized spacial score (nSPS) is 15.9. The number of carboxylic acids is 1. The predicted octanol–water partition coefficient (Wildman–Crippen LogP) is 0.249. The third-order valence-corrected chi connectivity index (χ3v) is 1.84. The summed E-state index contributed by atoms with van der Waals surface area (Å²) in [5.41, 5.74) is -0.897. The molecule has 0 spiro atoms. The average molecular weight is 162 g/mol. The zero-order chi connectivity index (χ0) is 8.91. The third kappa shape index (κ3) is 2.86. The van der Waals surface area contributed by atoms with E-state index < -0.39 is 11.6 Å². The first-order chi connectivity index (χ1) is 5.10. The molecule has 11 heavy (non-hydrogen) atoms. The molecule has 0 aromatic rings. The van der Waals surface area contributed by atoms with Gasteiger partial charge in [0, 0.05) is 7.11 Å². The highest BCUT2D eigenvalue weighted by atomic mass is 16.5. The minimum absolute atomic E-state index is 0.156. The van der Waals surface area contributed by atoms with Gasteiger partial charge in [0.25, 0.3) is 0 Å². The van der Waals surface area contributed by atoms with Crippen LogP contribution >= 0.6 is 0 Å². The Morgan fingerprint density at radius 3 is 2.27 bits per heavy atom. The number of aliphatic hydroxyl groups is 1. The van der Waals surface area contributed by atoms with Crippen LogP contribution in [0.3, 0.4) is 0 Å². The number of aliphatic carboxylic acids is 1. The molecule has 4 nitrogen and oxygen atoms in total. The van der Waals surface area contributed by atoms with Gasteiger partial charge in [0.1, 0.15) is 5.60 Å². The summed E-state index contributed by atoms with van der Waals surface area (Å²) >= 11 is 0. The third-order valence-electron chi connectivity index (χ3n) is 1.84. The van der Waals surface area contributed by atoms with E-state index in [-0.39, 0.29) is 13.0 Å². The molecule has 0 aromatic heterocycles. The quantitative estimate of drug-likeness (QED) is 0.608. The second kappa shape index (κ2) is 4.31. The highest BCUT2D eigenvalue weighted by Crippen LogP contribution is 2.18. The number of ether oxygens (including phenoxy) is 1. The zero-order valence-corrected chi connectivity index (χ0v) is 6.83. The van der Waals surface area contributed by atoms with Crippen LogP contribution in [0.1, 0.15) is 19.8 Å². The average Bonchev–Trinajstić information content (AvgIpc) is 2.00. The Balaban J connectivity index is 4.16. The van der Waals surface area contributed by atoms with Gasteiger partial charge in [-0.05, 0) is 6.42 Å². The molecule has 0 saturated heterocycles. The van der Waals surface area contributed by atoms with Gasteiger partial charge in [-0.2, -0.15) is 0 Å². The summed E-state index contributed by atoms with van der Waals surface area (Å²) < 4.78 is 4.92. The highest BCUT2D eigenvalue weighted by molar-refractivity contribution is 5.68. The van der Waals surface area contributed by atoms with Crippen molar-refractivity contribution < 1.29 is 19.7 Å². The van der Waals surface area contributed by atoms with Crippen molar-refractivity contribution in [1.29, 1.82) is 0 Å². The molecule has 66 valence electrons. The number of methoxy groups -OCH3 is 1. The molecule has 4 heteroatoms. The second-order valence-corrected chi connectivity index (χ2v) is 2.47. The molecule has 0 fully saturated rings. The largest absolute Gasteiger partial charge is 0.481 e. The van der Waals surface area contributed by atoms with Crippen LogP contribution in [0.5, 0.6) is 0 Å². The molecule has 2 N–H and O–H groups in total. The molecule has 1 atom stereocenters. The number of rotatable bonds is 5. The van der Waals surface area contributed by atoms with Crippen molar-refractivity contribution in [3.8, 4) is 0 Å². The first-order valence-electron chi connectivity index (χ1n) is 3.48. The van der Waals surface area contributed by atoms with Gasteiger partial charge < -0.3 is 14.9 Å². The van der Waals surface area contributed by atoms with Crippen LogP contribution in [-0.4, -0.2) is 35.5 Å². The molecular weight excluding hydrogens is 148 g/mol. The Hall–Kier alpha value is -0.610. The Morgan fingerprint density at radius 1 is 1.64 bits per heavy atom. The molecule has 0 aliphatic carbocycles. The molecule has 1 unspecified atom stereocenters. The summed E-state index contributed by atoms with van der Waals surface area (Å²) in [5, 5.41) is 17.3. The second-order valence-electron chi connectivity index (χ2n) is 2.47. The first kappa shape index (κ1) is 10.4. The molecule has 0 radical (unpaired) electrons. The summed E-state index contributed by atoms with van der Waals surface area (Å²) in [6.07, 6.45) is 0.336. The van der Waals surface area contributed by atoms with Crippen LogP contribution in [0.4, 0.5) is 0 Å². The van der Waals surface area contributed by atoms with Gasteiger partial charge in [-0.1, -0.05) is 6.92 Å². The molecule has 0 aliphatic heterocycles. The minimum Gasteiger partial charge on any atom is -0.481 e. The van der Waals surface area contributed by atoms with Crippen LogP contribution < -0.4 is 0 Å². The lowest BCUT2D eigenvalue weighted by Gasteiger charge is -2.26. The number of hydrogen-bond donors (Lipinski definition) is 2. The van der Waals surface area contributed by atoms with Crippen LogP contribution in [-0.2, 0) is 9.53 Å². The molecule has 0 rings (SSSR count). The Bertz CT molecular complexity index is 120. The van der Waals surface area contributed by atoms with Gasteiger partial charge in [-0.25, -0.2) is 0 Å². The van der Waals surface area contributed by atoms with E-state index in [9.17, 15) is 4.79 Å². The first-order valence-corrected chi connectivity index (χ1v) is 3.48. The fraction of sp³-hybridized carbons (Fsp3) is 0.857. The number of aliphatic hydroxyl groups excluding tert-OH is 1. The Morgan fingerprint density at radius 2 is 2.18 bits per heavy atom. The molecule has 0 aliphatic rings. The van der Waals surface area contributed by atoms with Crippen LogP contribution in [0.25, 0.3) is 0 Å². The van der Waals surface area contributed by atoms with Crippen molar-refractivity contribution >= 4 is 5.97 Å². The zero-order valence-electron chi connectivity index (χ0n) is 6.83. The summed E-state index contributed by atoms with van der Waals surface area (Å²) in [4.78, 5) is 10.3. The molecule has 0 heterocycles. The SMILES string of the molecule is CCC(CO)(CC(=O)O)OC. The van der Waals surface area contributed by atoms with Crippen molar-refractivity contribution in [2.75, 3.05) is 13.7 Å². The van der Waals surface area contributed by atoms with Gasteiger partial charge in [0.05, 0.1) is 13.0 Å². The standard InChI is InChI=1S/C7H14O4/c1-3-7(5-8,11-2)4-6(9)10/h8H,3-5H2,1-2H3,(H,9,10). The number of carboxylic acid groups (broad SMARTS) is 1. The smallest absolute Gasteiger partial charge is 0.306 e. The number of carbonyl (C=O) groups is 1. The van der Waals surface area contributed by atoms with E-state index in [1.807, 2.05) is 0 Å². The maximum Gasteiger partial charge on any atom is 0.306 e.